The molecular formula is C12H13BrN2O2. The van der Waals surface area contributed by atoms with E-state index < -0.39 is 5.54 Å². The standard InChI is InChI=1S/C12H13BrN2O2/c1-12(2)10(16)15(11(17)14-12)7-8-3-5-9(13)6-4-8/h3-6H,7H2,1-2H3,(H,14,17). The Balaban J connectivity index is 2.17. The summed E-state index contributed by atoms with van der Waals surface area (Å²) >= 11 is 3.34. The minimum absolute atomic E-state index is 0.189. The molecule has 0 bridgehead atoms. The zero-order valence-electron chi connectivity index (χ0n) is 9.66. The van der Waals surface area contributed by atoms with Crippen LogP contribution in [-0.4, -0.2) is 22.4 Å². The first-order valence-corrected chi connectivity index (χ1v) is 6.08. The van der Waals surface area contributed by atoms with Gasteiger partial charge in [0.05, 0.1) is 6.54 Å². The van der Waals surface area contributed by atoms with Gasteiger partial charge in [-0.1, -0.05) is 28.1 Å². The minimum atomic E-state index is -0.799. The summed E-state index contributed by atoms with van der Waals surface area (Å²) in [5.41, 5.74) is 0.126. The molecule has 0 aliphatic carbocycles. The number of imide groups is 1. The molecule has 0 aromatic heterocycles. The van der Waals surface area contributed by atoms with Crippen molar-refractivity contribution in [3.63, 3.8) is 0 Å². The number of benzene rings is 1. The summed E-state index contributed by atoms with van der Waals surface area (Å²) in [5.74, 6) is -0.189. The third-order valence-corrected chi connectivity index (χ3v) is 3.23. The molecule has 17 heavy (non-hydrogen) atoms. The lowest BCUT2D eigenvalue weighted by Gasteiger charge is -2.15. The maximum absolute atomic E-state index is 11.9. The Morgan fingerprint density at radius 1 is 1.24 bits per heavy atom. The van der Waals surface area contributed by atoms with E-state index in [1.54, 1.807) is 13.8 Å². The fraction of sp³-hybridized carbons (Fsp3) is 0.333. The topological polar surface area (TPSA) is 49.4 Å². The molecule has 1 fully saturated rings. The first-order valence-electron chi connectivity index (χ1n) is 5.29. The van der Waals surface area contributed by atoms with Crippen LogP contribution < -0.4 is 5.32 Å². The molecule has 1 aromatic rings. The maximum Gasteiger partial charge on any atom is 0.325 e. The van der Waals surface area contributed by atoms with Gasteiger partial charge in [-0.25, -0.2) is 4.79 Å². The van der Waals surface area contributed by atoms with Crippen molar-refractivity contribution < 1.29 is 9.59 Å². The average Bonchev–Trinajstić information content (AvgIpc) is 2.44. The lowest BCUT2D eigenvalue weighted by molar-refractivity contribution is -0.130. The van der Waals surface area contributed by atoms with Gasteiger partial charge in [-0.15, -0.1) is 0 Å². The summed E-state index contributed by atoms with van der Waals surface area (Å²) in [4.78, 5) is 24.8. The van der Waals surface area contributed by atoms with Crippen molar-refractivity contribution in [2.75, 3.05) is 0 Å². The van der Waals surface area contributed by atoms with E-state index in [1.165, 1.54) is 4.90 Å². The van der Waals surface area contributed by atoms with Crippen LogP contribution in [0.15, 0.2) is 28.7 Å². The van der Waals surface area contributed by atoms with Crippen molar-refractivity contribution in [2.45, 2.75) is 25.9 Å². The number of halogens is 1. The van der Waals surface area contributed by atoms with E-state index in [9.17, 15) is 9.59 Å². The third-order valence-electron chi connectivity index (χ3n) is 2.70. The quantitative estimate of drug-likeness (QED) is 0.851. The zero-order valence-corrected chi connectivity index (χ0v) is 11.2. The highest BCUT2D eigenvalue weighted by Crippen LogP contribution is 2.20. The largest absolute Gasteiger partial charge is 0.325 e. The molecule has 1 N–H and O–H groups in total. The Kier molecular flexibility index (Phi) is 2.95. The second-order valence-corrected chi connectivity index (χ2v) is 5.49. The van der Waals surface area contributed by atoms with Crippen molar-refractivity contribution in [2.24, 2.45) is 0 Å². The lowest BCUT2D eigenvalue weighted by Crippen LogP contribution is -2.40. The number of hydrogen-bond acceptors (Lipinski definition) is 2. The normalized spacial score (nSPS) is 18.4. The zero-order chi connectivity index (χ0) is 12.6. The number of carbonyl (C=O) groups is 2. The summed E-state index contributed by atoms with van der Waals surface area (Å²) in [6, 6.07) is 7.21. The molecule has 1 aromatic carbocycles. The molecule has 0 radical (unpaired) electrons. The highest BCUT2D eigenvalue weighted by atomic mass is 79.9. The van der Waals surface area contributed by atoms with Crippen molar-refractivity contribution in [3.05, 3.63) is 34.3 Å². The van der Waals surface area contributed by atoms with Gasteiger partial charge in [0.25, 0.3) is 5.91 Å². The Bertz CT molecular complexity index is 468. The average molecular weight is 297 g/mol. The number of amides is 3. The van der Waals surface area contributed by atoms with Crippen molar-refractivity contribution >= 4 is 27.9 Å². The van der Waals surface area contributed by atoms with Crippen molar-refractivity contribution in [1.82, 2.24) is 10.2 Å². The molecule has 1 saturated heterocycles. The van der Waals surface area contributed by atoms with Crippen LogP contribution in [-0.2, 0) is 11.3 Å². The van der Waals surface area contributed by atoms with Gasteiger partial charge in [-0.3, -0.25) is 9.69 Å². The third kappa shape index (κ3) is 2.34. The molecular weight excluding hydrogens is 284 g/mol. The predicted octanol–water partition coefficient (Wildman–Crippen LogP) is 2.28. The van der Waals surface area contributed by atoms with Gasteiger partial charge < -0.3 is 5.32 Å². The van der Waals surface area contributed by atoms with Gasteiger partial charge in [-0.05, 0) is 31.5 Å². The number of hydrogen-bond donors (Lipinski definition) is 1. The minimum Gasteiger partial charge on any atom is -0.324 e. The maximum atomic E-state index is 11.9. The molecule has 0 unspecified atom stereocenters. The highest BCUT2D eigenvalue weighted by Gasteiger charge is 2.43. The number of urea groups is 1. The van der Waals surface area contributed by atoms with Gasteiger partial charge in [0, 0.05) is 4.47 Å². The Morgan fingerprint density at radius 3 is 2.29 bits per heavy atom. The van der Waals surface area contributed by atoms with Gasteiger partial charge >= 0.3 is 6.03 Å². The van der Waals surface area contributed by atoms with E-state index in [0.717, 1.165) is 10.0 Å². The van der Waals surface area contributed by atoms with Crippen LogP contribution in [0.5, 0.6) is 0 Å². The van der Waals surface area contributed by atoms with E-state index in [4.69, 9.17) is 0 Å². The predicted molar refractivity (Wildman–Crippen MR) is 67.3 cm³/mol. The summed E-state index contributed by atoms with van der Waals surface area (Å²) in [7, 11) is 0. The van der Waals surface area contributed by atoms with Crippen molar-refractivity contribution in [3.8, 4) is 0 Å². The van der Waals surface area contributed by atoms with Gasteiger partial charge in [0.1, 0.15) is 5.54 Å². The molecule has 1 aliphatic rings. The van der Waals surface area contributed by atoms with Crippen LogP contribution in [0.2, 0.25) is 0 Å². The van der Waals surface area contributed by atoms with Gasteiger partial charge in [-0.2, -0.15) is 0 Å². The molecule has 4 nitrogen and oxygen atoms in total. The summed E-state index contributed by atoms with van der Waals surface area (Å²) in [6.45, 7) is 3.71. The summed E-state index contributed by atoms with van der Waals surface area (Å²) in [6.07, 6.45) is 0. The fourth-order valence-electron chi connectivity index (χ4n) is 1.73. The molecule has 1 heterocycles. The van der Waals surface area contributed by atoms with Gasteiger partial charge in [0.2, 0.25) is 0 Å². The van der Waals surface area contributed by atoms with E-state index in [0.29, 0.717) is 6.54 Å². The smallest absolute Gasteiger partial charge is 0.324 e. The van der Waals surface area contributed by atoms with E-state index >= 15 is 0 Å². The fourth-order valence-corrected chi connectivity index (χ4v) is 2.00. The molecule has 0 saturated carbocycles. The van der Waals surface area contributed by atoms with Gasteiger partial charge in [0.15, 0.2) is 0 Å². The SMILES string of the molecule is CC1(C)NC(=O)N(Cc2ccc(Br)cc2)C1=O. The van der Waals surface area contributed by atoms with E-state index in [-0.39, 0.29) is 11.9 Å². The molecule has 0 atom stereocenters. The first-order chi connectivity index (χ1) is 7.90. The number of carbonyl (C=O) groups excluding carboxylic acids is 2. The Hall–Kier alpha value is -1.36. The molecule has 0 spiro atoms. The van der Waals surface area contributed by atoms with Crippen LogP contribution in [0.1, 0.15) is 19.4 Å². The molecule has 1 aliphatic heterocycles. The highest BCUT2D eigenvalue weighted by molar-refractivity contribution is 9.10. The number of rotatable bonds is 2. The molecule has 90 valence electrons. The Labute approximate surface area is 108 Å². The number of nitrogens with one attached hydrogen (secondary N) is 1. The van der Waals surface area contributed by atoms with Crippen LogP contribution in [0.4, 0.5) is 4.79 Å². The second-order valence-electron chi connectivity index (χ2n) is 4.57. The van der Waals surface area contributed by atoms with Crippen LogP contribution in [0.3, 0.4) is 0 Å². The van der Waals surface area contributed by atoms with E-state index in [1.807, 2.05) is 24.3 Å². The Morgan fingerprint density at radius 2 is 1.82 bits per heavy atom. The van der Waals surface area contributed by atoms with Crippen LogP contribution >= 0.6 is 15.9 Å². The van der Waals surface area contributed by atoms with E-state index in [2.05, 4.69) is 21.2 Å². The van der Waals surface area contributed by atoms with Crippen molar-refractivity contribution in [1.29, 1.82) is 0 Å². The molecule has 5 heteroatoms. The summed E-state index contributed by atoms with van der Waals surface area (Å²) in [5, 5.41) is 2.65. The van der Waals surface area contributed by atoms with Crippen LogP contribution in [0, 0.1) is 0 Å². The first kappa shape index (κ1) is 12.1. The second kappa shape index (κ2) is 4.14. The monoisotopic (exact) mass is 296 g/mol. The van der Waals surface area contributed by atoms with Crippen LogP contribution in [0.25, 0.3) is 0 Å². The number of nitrogens with zero attached hydrogens (tertiary/aromatic N) is 1. The molecule has 2 rings (SSSR count). The molecule has 3 amide bonds. The lowest BCUT2D eigenvalue weighted by atomic mass is 10.1. The summed E-state index contributed by atoms with van der Waals surface area (Å²) < 4.78 is 0.971.